The second-order valence-corrected chi connectivity index (χ2v) is 5.74. The fraction of sp³-hybridized carbons (Fsp3) is 0.500. The first-order valence-electron chi connectivity index (χ1n) is 6.31. The summed E-state index contributed by atoms with van der Waals surface area (Å²) in [7, 11) is 3.75. The summed E-state index contributed by atoms with van der Waals surface area (Å²) in [5.74, 6) is 0.706. The van der Waals surface area contributed by atoms with E-state index in [1.807, 2.05) is 39.1 Å². The van der Waals surface area contributed by atoms with E-state index in [0.29, 0.717) is 0 Å². The van der Waals surface area contributed by atoms with Crippen LogP contribution in [0.25, 0.3) is 0 Å². The molecule has 0 bridgehead atoms. The van der Waals surface area contributed by atoms with Crippen LogP contribution in [0.1, 0.15) is 13.8 Å². The minimum absolute atomic E-state index is 0.0357. The minimum atomic E-state index is -0.275. The average molecular weight is 263 g/mol. The van der Waals surface area contributed by atoms with Crippen LogP contribution in [0.4, 0.5) is 11.4 Å². The van der Waals surface area contributed by atoms with Crippen LogP contribution in [-0.4, -0.2) is 38.7 Å². The topological polar surface area (TPSA) is 58.8 Å². The Labute approximate surface area is 113 Å². The highest BCUT2D eigenvalue weighted by atomic mass is 16.5. The van der Waals surface area contributed by atoms with Gasteiger partial charge in [0.15, 0.2) is 6.61 Å². The van der Waals surface area contributed by atoms with Crippen molar-refractivity contribution in [1.29, 1.82) is 0 Å². The molecule has 0 aromatic heterocycles. The molecule has 1 heterocycles. The van der Waals surface area contributed by atoms with Gasteiger partial charge >= 0.3 is 0 Å². The molecule has 1 aliphatic rings. The standard InChI is InChI=1S/C14H21N3O2/c1-14(2,15)9-16(3)10-5-6-12-11(7-10)17(4)13(18)8-19-12/h5-7H,8-9,15H2,1-4H3. The van der Waals surface area contributed by atoms with Gasteiger partial charge in [-0.25, -0.2) is 0 Å². The molecular weight excluding hydrogens is 242 g/mol. The van der Waals surface area contributed by atoms with Gasteiger partial charge in [0, 0.05) is 31.9 Å². The van der Waals surface area contributed by atoms with Crippen LogP contribution in [0.5, 0.6) is 5.75 Å². The zero-order valence-corrected chi connectivity index (χ0v) is 11.9. The Kier molecular flexibility index (Phi) is 3.41. The van der Waals surface area contributed by atoms with Crippen LogP contribution in [0.2, 0.25) is 0 Å². The lowest BCUT2D eigenvalue weighted by atomic mass is 10.1. The number of anilines is 2. The Morgan fingerprint density at radius 3 is 2.79 bits per heavy atom. The summed E-state index contributed by atoms with van der Waals surface area (Å²) in [6.07, 6.45) is 0. The van der Waals surface area contributed by atoms with E-state index >= 15 is 0 Å². The molecule has 1 aromatic carbocycles. The monoisotopic (exact) mass is 263 g/mol. The van der Waals surface area contributed by atoms with Crippen LogP contribution in [-0.2, 0) is 4.79 Å². The quantitative estimate of drug-likeness (QED) is 0.890. The number of carbonyl (C=O) groups excluding carboxylic acids is 1. The summed E-state index contributed by atoms with van der Waals surface area (Å²) in [5, 5.41) is 0. The van der Waals surface area contributed by atoms with E-state index in [9.17, 15) is 4.79 Å². The highest BCUT2D eigenvalue weighted by molar-refractivity contribution is 5.97. The predicted molar refractivity (Wildman–Crippen MR) is 76.9 cm³/mol. The number of amides is 1. The summed E-state index contributed by atoms with van der Waals surface area (Å²) in [6.45, 7) is 4.81. The van der Waals surface area contributed by atoms with Crippen molar-refractivity contribution in [1.82, 2.24) is 0 Å². The van der Waals surface area contributed by atoms with E-state index in [2.05, 4.69) is 4.90 Å². The zero-order valence-electron chi connectivity index (χ0n) is 11.9. The minimum Gasteiger partial charge on any atom is -0.482 e. The van der Waals surface area contributed by atoms with Crippen molar-refractivity contribution >= 4 is 17.3 Å². The molecule has 0 saturated carbocycles. The molecule has 0 saturated heterocycles. The second-order valence-electron chi connectivity index (χ2n) is 5.74. The molecule has 1 aliphatic heterocycles. The van der Waals surface area contributed by atoms with Crippen molar-refractivity contribution in [3.63, 3.8) is 0 Å². The van der Waals surface area contributed by atoms with Crippen molar-refractivity contribution < 1.29 is 9.53 Å². The maximum atomic E-state index is 11.6. The lowest BCUT2D eigenvalue weighted by Crippen LogP contribution is -2.44. The average Bonchev–Trinajstić information content (AvgIpc) is 2.31. The molecule has 5 heteroatoms. The first-order chi connectivity index (χ1) is 8.78. The first-order valence-corrected chi connectivity index (χ1v) is 6.31. The number of fused-ring (bicyclic) bond motifs is 1. The fourth-order valence-corrected chi connectivity index (χ4v) is 2.20. The number of carbonyl (C=O) groups is 1. The van der Waals surface area contributed by atoms with Crippen molar-refractivity contribution in [2.75, 3.05) is 37.0 Å². The number of nitrogens with two attached hydrogens (primary N) is 1. The third-order valence-corrected chi connectivity index (χ3v) is 3.11. The number of hydrogen-bond donors (Lipinski definition) is 1. The van der Waals surface area contributed by atoms with E-state index in [1.54, 1.807) is 11.9 Å². The Hall–Kier alpha value is -1.75. The smallest absolute Gasteiger partial charge is 0.264 e. The van der Waals surface area contributed by atoms with Crippen LogP contribution >= 0.6 is 0 Å². The molecule has 19 heavy (non-hydrogen) atoms. The van der Waals surface area contributed by atoms with Crippen LogP contribution in [0, 0.1) is 0 Å². The van der Waals surface area contributed by atoms with Crippen molar-refractivity contribution in [3.8, 4) is 5.75 Å². The second kappa shape index (κ2) is 4.74. The molecule has 0 fully saturated rings. The summed E-state index contributed by atoms with van der Waals surface area (Å²) in [6, 6.07) is 5.83. The molecule has 0 aliphatic carbocycles. The van der Waals surface area contributed by atoms with E-state index < -0.39 is 0 Å². The van der Waals surface area contributed by atoms with E-state index in [0.717, 1.165) is 23.7 Å². The molecule has 0 radical (unpaired) electrons. The molecule has 0 atom stereocenters. The predicted octanol–water partition coefficient (Wildman–Crippen LogP) is 1.22. The summed E-state index contributed by atoms with van der Waals surface area (Å²) < 4.78 is 5.41. The number of benzene rings is 1. The highest BCUT2D eigenvalue weighted by Gasteiger charge is 2.23. The zero-order chi connectivity index (χ0) is 14.2. The van der Waals surface area contributed by atoms with Crippen molar-refractivity contribution in [3.05, 3.63) is 18.2 Å². The molecule has 5 nitrogen and oxygen atoms in total. The number of ether oxygens (including phenoxy) is 1. The number of rotatable bonds is 3. The fourth-order valence-electron chi connectivity index (χ4n) is 2.20. The van der Waals surface area contributed by atoms with Gasteiger partial charge in [0.05, 0.1) is 5.69 Å². The first kappa shape index (κ1) is 13.7. The Bertz CT molecular complexity index is 494. The Morgan fingerprint density at radius 1 is 1.47 bits per heavy atom. The number of nitrogens with zero attached hydrogens (tertiary/aromatic N) is 2. The largest absolute Gasteiger partial charge is 0.482 e. The van der Waals surface area contributed by atoms with Crippen molar-refractivity contribution in [2.24, 2.45) is 5.73 Å². The van der Waals surface area contributed by atoms with Gasteiger partial charge in [0.2, 0.25) is 0 Å². The summed E-state index contributed by atoms with van der Waals surface area (Å²) >= 11 is 0. The molecule has 2 rings (SSSR count). The molecular formula is C14H21N3O2. The van der Waals surface area contributed by atoms with Crippen LogP contribution in [0.3, 0.4) is 0 Å². The molecule has 2 N–H and O–H groups in total. The highest BCUT2D eigenvalue weighted by Crippen LogP contribution is 2.34. The molecule has 0 unspecified atom stereocenters. The van der Waals surface area contributed by atoms with Gasteiger partial charge < -0.3 is 20.3 Å². The molecule has 1 amide bonds. The van der Waals surface area contributed by atoms with Crippen LogP contribution in [0.15, 0.2) is 18.2 Å². The third-order valence-electron chi connectivity index (χ3n) is 3.11. The van der Waals surface area contributed by atoms with Gasteiger partial charge in [-0.2, -0.15) is 0 Å². The third kappa shape index (κ3) is 2.98. The molecule has 1 aromatic rings. The van der Waals surface area contributed by atoms with Gasteiger partial charge in [0.1, 0.15) is 5.75 Å². The van der Waals surface area contributed by atoms with Crippen LogP contribution < -0.4 is 20.3 Å². The Morgan fingerprint density at radius 2 is 2.16 bits per heavy atom. The summed E-state index contributed by atoms with van der Waals surface area (Å²) in [5.41, 5.74) is 7.57. The lowest BCUT2D eigenvalue weighted by molar-refractivity contribution is -0.120. The Balaban J connectivity index is 2.28. The van der Waals surface area contributed by atoms with Gasteiger partial charge in [-0.3, -0.25) is 4.79 Å². The van der Waals surface area contributed by atoms with E-state index in [4.69, 9.17) is 10.5 Å². The summed E-state index contributed by atoms with van der Waals surface area (Å²) in [4.78, 5) is 15.3. The van der Waals surface area contributed by atoms with Gasteiger partial charge in [-0.1, -0.05) is 0 Å². The molecule has 0 spiro atoms. The normalized spacial score (nSPS) is 15.0. The van der Waals surface area contributed by atoms with Gasteiger partial charge in [-0.15, -0.1) is 0 Å². The lowest BCUT2D eigenvalue weighted by Gasteiger charge is -2.31. The van der Waals surface area contributed by atoms with Gasteiger partial charge in [-0.05, 0) is 32.0 Å². The van der Waals surface area contributed by atoms with Gasteiger partial charge in [0.25, 0.3) is 5.91 Å². The molecule has 104 valence electrons. The number of likely N-dealkylation sites (N-methyl/N-ethyl adjacent to an activating group) is 2. The maximum absolute atomic E-state index is 11.6. The van der Waals surface area contributed by atoms with E-state index in [1.165, 1.54) is 0 Å². The SMILES string of the molecule is CN(CC(C)(C)N)c1ccc2c(c1)N(C)C(=O)CO2. The van der Waals surface area contributed by atoms with E-state index in [-0.39, 0.29) is 18.1 Å². The van der Waals surface area contributed by atoms with Crippen molar-refractivity contribution in [2.45, 2.75) is 19.4 Å². The number of hydrogen-bond acceptors (Lipinski definition) is 4. The maximum Gasteiger partial charge on any atom is 0.264 e.